The van der Waals surface area contributed by atoms with E-state index in [4.69, 9.17) is 33.1 Å². The Bertz CT molecular complexity index is 930. The molecule has 0 bridgehead atoms. The molecular formula is C19H25ClFN7O2S. The number of amidine groups is 1. The summed E-state index contributed by atoms with van der Waals surface area (Å²) in [7, 11) is 0. The number of benzene rings is 1. The van der Waals surface area contributed by atoms with Gasteiger partial charge in [-0.25, -0.2) is 20.3 Å². The molecule has 2 unspecified atom stereocenters. The van der Waals surface area contributed by atoms with Crippen molar-refractivity contribution in [2.75, 3.05) is 42.5 Å². The number of fused-ring (bicyclic) bond motifs is 1. The Hall–Kier alpha value is -2.63. The number of hydrogen-bond donors (Lipinski definition) is 3. The Morgan fingerprint density at radius 3 is 2.58 bits per heavy atom. The number of carbonyl (C=O) groups is 1. The number of nitrogens with two attached hydrogens (primary N) is 2. The standard InChI is InChI=1S/C18H23ClFN7S.CH2O2/c1-2-27(22)24-17(21)16-6-23-18(28-16)26-9-11-7-25(8-12(11)10-26)15-4-3-13(20)5-14(15)19;2-1-3/h3-6,11-12H,2,7-10,22H2,1H3,(H2,21,24);1H,(H,2,3). The second-order valence-corrected chi connectivity index (χ2v) is 8.70. The minimum atomic E-state index is -0.307. The van der Waals surface area contributed by atoms with E-state index in [1.165, 1.54) is 28.6 Å². The molecule has 5 N–H and O–H groups in total. The van der Waals surface area contributed by atoms with Crippen molar-refractivity contribution >= 4 is 46.1 Å². The Morgan fingerprint density at radius 2 is 2.00 bits per heavy atom. The minimum absolute atomic E-state index is 0.250. The molecule has 168 valence electrons. The van der Waals surface area contributed by atoms with Crippen LogP contribution in [-0.2, 0) is 4.79 Å². The number of hydrazine groups is 1. The zero-order valence-corrected chi connectivity index (χ0v) is 18.6. The van der Waals surface area contributed by atoms with Gasteiger partial charge in [0.15, 0.2) is 11.0 Å². The third kappa shape index (κ3) is 5.35. The van der Waals surface area contributed by atoms with Gasteiger partial charge in [-0.05, 0) is 25.1 Å². The molecule has 9 nitrogen and oxygen atoms in total. The summed E-state index contributed by atoms with van der Waals surface area (Å²) in [6.45, 7) is 5.92. The van der Waals surface area contributed by atoms with Gasteiger partial charge >= 0.3 is 0 Å². The van der Waals surface area contributed by atoms with Gasteiger partial charge in [-0.1, -0.05) is 22.9 Å². The molecule has 0 radical (unpaired) electrons. The lowest BCUT2D eigenvalue weighted by atomic mass is 10.0. The summed E-state index contributed by atoms with van der Waals surface area (Å²) in [5.41, 5.74) is 6.93. The van der Waals surface area contributed by atoms with Crippen molar-refractivity contribution in [3.05, 3.63) is 40.1 Å². The Balaban J connectivity index is 0.000000858. The number of thiazole rings is 1. The summed E-state index contributed by atoms with van der Waals surface area (Å²) in [6.07, 6.45) is 1.75. The number of anilines is 2. The van der Waals surface area contributed by atoms with Gasteiger partial charge in [0.1, 0.15) is 5.82 Å². The van der Waals surface area contributed by atoms with Gasteiger partial charge in [-0.15, -0.1) is 5.10 Å². The molecule has 12 heteroatoms. The van der Waals surface area contributed by atoms with E-state index < -0.39 is 0 Å². The van der Waals surface area contributed by atoms with Crippen LogP contribution >= 0.6 is 22.9 Å². The largest absolute Gasteiger partial charge is 0.483 e. The van der Waals surface area contributed by atoms with E-state index in [0.29, 0.717) is 29.2 Å². The van der Waals surface area contributed by atoms with Crippen LogP contribution in [-0.4, -0.2) is 60.2 Å². The highest BCUT2D eigenvalue weighted by Gasteiger charge is 2.41. The van der Waals surface area contributed by atoms with Crippen LogP contribution in [0.4, 0.5) is 15.2 Å². The summed E-state index contributed by atoms with van der Waals surface area (Å²) in [4.78, 5) is 18.3. The topological polar surface area (TPSA) is 124 Å². The maximum Gasteiger partial charge on any atom is 0.290 e. The number of rotatable bonds is 5. The lowest BCUT2D eigenvalue weighted by Crippen LogP contribution is -2.29. The van der Waals surface area contributed by atoms with E-state index in [1.54, 1.807) is 12.3 Å². The Kier molecular flexibility index (Phi) is 7.52. The van der Waals surface area contributed by atoms with E-state index in [-0.39, 0.29) is 12.3 Å². The van der Waals surface area contributed by atoms with Crippen molar-refractivity contribution in [3.63, 3.8) is 0 Å². The Labute approximate surface area is 188 Å². The van der Waals surface area contributed by atoms with Crippen molar-refractivity contribution in [1.29, 1.82) is 0 Å². The summed E-state index contributed by atoms with van der Waals surface area (Å²) in [6, 6.07) is 4.61. The van der Waals surface area contributed by atoms with Gasteiger partial charge < -0.3 is 20.6 Å². The van der Waals surface area contributed by atoms with Crippen LogP contribution < -0.4 is 21.4 Å². The fourth-order valence-corrected chi connectivity index (χ4v) is 4.99. The SMILES string of the molecule is CCN(N)/N=C(\N)c1cnc(N2CC3CN(c4ccc(F)cc4Cl)CC3C2)s1.O=CO. The van der Waals surface area contributed by atoms with Crippen LogP contribution in [0.2, 0.25) is 5.02 Å². The van der Waals surface area contributed by atoms with Crippen molar-refractivity contribution in [3.8, 4) is 0 Å². The fraction of sp³-hybridized carbons (Fsp3) is 0.421. The monoisotopic (exact) mass is 469 g/mol. The van der Waals surface area contributed by atoms with E-state index in [1.807, 2.05) is 6.92 Å². The second kappa shape index (κ2) is 10.1. The highest BCUT2D eigenvalue weighted by molar-refractivity contribution is 7.17. The molecule has 2 saturated heterocycles. The maximum atomic E-state index is 13.3. The molecule has 1 aromatic carbocycles. The molecule has 2 fully saturated rings. The summed E-state index contributed by atoms with van der Waals surface area (Å²) < 4.78 is 13.3. The second-order valence-electron chi connectivity index (χ2n) is 7.28. The summed E-state index contributed by atoms with van der Waals surface area (Å²) in [5, 5.41) is 13.8. The Morgan fingerprint density at radius 1 is 1.39 bits per heavy atom. The van der Waals surface area contributed by atoms with Crippen LogP contribution in [0.15, 0.2) is 29.5 Å². The molecule has 2 aliphatic rings. The smallest absolute Gasteiger partial charge is 0.290 e. The van der Waals surface area contributed by atoms with Crippen molar-refractivity contribution in [2.45, 2.75) is 6.92 Å². The van der Waals surface area contributed by atoms with E-state index in [9.17, 15) is 4.39 Å². The van der Waals surface area contributed by atoms with Gasteiger partial charge in [-0.3, -0.25) is 4.79 Å². The number of hydrogen-bond acceptors (Lipinski definition) is 8. The number of halogens is 2. The van der Waals surface area contributed by atoms with Crippen molar-refractivity contribution < 1.29 is 14.3 Å². The number of hydrazone groups is 1. The lowest BCUT2D eigenvalue weighted by molar-refractivity contribution is -0.122. The molecule has 0 aliphatic carbocycles. The third-order valence-corrected chi connectivity index (χ3v) is 6.70. The molecule has 2 aromatic rings. The van der Waals surface area contributed by atoms with Gasteiger partial charge in [0.25, 0.3) is 6.47 Å². The predicted molar refractivity (Wildman–Crippen MR) is 121 cm³/mol. The normalized spacial score (nSPS) is 20.3. The molecule has 3 heterocycles. The molecule has 0 saturated carbocycles. The van der Waals surface area contributed by atoms with Crippen molar-refractivity contribution in [2.24, 2.45) is 28.5 Å². The average Bonchev–Trinajstić information content (AvgIpc) is 3.43. The minimum Gasteiger partial charge on any atom is -0.483 e. The zero-order valence-electron chi connectivity index (χ0n) is 17.0. The zero-order chi connectivity index (χ0) is 22.5. The lowest BCUT2D eigenvalue weighted by Gasteiger charge is -2.23. The first-order valence-corrected chi connectivity index (χ1v) is 10.9. The molecule has 1 aromatic heterocycles. The molecule has 31 heavy (non-hydrogen) atoms. The highest BCUT2D eigenvalue weighted by Crippen LogP contribution is 2.39. The van der Waals surface area contributed by atoms with Gasteiger partial charge in [0.05, 0.1) is 28.3 Å². The number of aromatic nitrogens is 1. The van der Waals surface area contributed by atoms with Gasteiger partial charge in [-0.2, -0.15) is 0 Å². The van der Waals surface area contributed by atoms with E-state index in [2.05, 4.69) is 19.9 Å². The van der Waals surface area contributed by atoms with Crippen LogP contribution in [0.1, 0.15) is 11.8 Å². The van der Waals surface area contributed by atoms with Gasteiger partial charge in [0.2, 0.25) is 0 Å². The molecule has 4 rings (SSSR count). The van der Waals surface area contributed by atoms with E-state index in [0.717, 1.165) is 41.9 Å². The average molecular weight is 470 g/mol. The fourth-order valence-electron chi connectivity index (χ4n) is 3.87. The third-order valence-electron chi connectivity index (χ3n) is 5.31. The maximum absolute atomic E-state index is 13.3. The first-order chi connectivity index (χ1) is 14.9. The van der Waals surface area contributed by atoms with Crippen LogP contribution in [0, 0.1) is 17.7 Å². The predicted octanol–water partition coefficient (Wildman–Crippen LogP) is 2.02. The summed E-state index contributed by atoms with van der Waals surface area (Å²) >= 11 is 7.76. The number of nitrogens with zero attached hydrogens (tertiary/aromatic N) is 5. The van der Waals surface area contributed by atoms with Gasteiger partial charge in [0, 0.05) is 38.0 Å². The van der Waals surface area contributed by atoms with Crippen LogP contribution in [0.3, 0.4) is 0 Å². The first kappa shape index (κ1) is 23.0. The highest BCUT2D eigenvalue weighted by atomic mass is 35.5. The molecule has 0 spiro atoms. The molecule has 0 amide bonds. The van der Waals surface area contributed by atoms with Crippen molar-refractivity contribution in [1.82, 2.24) is 10.1 Å². The van der Waals surface area contributed by atoms with Crippen LogP contribution in [0.5, 0.6) is 0 Å². The summed E-state index contributed by atoms with van der Waals surface area (Å²) in [5.74, 6) is 6.81. The first-order valence-electron chi connectivity index (χ1n) is 9.71. The van der Waals surface area contributed by atoms with E-state index >= 15 is 0 Å². The molecule has 2 aliphatic heterocycles. The van der Waals surface area contributed by atoms with Crippen LogP contribution in [0.25, 0.3) is 0 Å². The molecular weight excluding hydrogens is 445 g/mol. The quantitative estimate of drug-likeness (QED) is 0.200. The number of carboxylic acid groups (broad SMARTS) is 1. The molecule has 2 atom stereocenters.